The highest BCUT2D eigenvalue weighted by Crippen LogP contribution is 2.34. The Kier molecular flexibility index (Phi) is 7.37. The highest BCUT2D eigenvalue weighted by molar-refractivity contribution is 7.10. The Balaban J connectivity index is 1.75. The molecule has 1 unspecified atom stereocenters. The maximum Gasteiger partial charge on any atom is 0.318 e. The third kappa shape index (κ3) is 5.33. The van der Waals surface area contributed by atoms with Gasteiger partial charge in [0.05, 0.1) is 6.04 Å². The molecule has 1 aromatic heterocycles. The summed E-state index contributed by atoms with van der Waals surface area (Å²) in [5, 5.41) is 4.97. The highest BCUT2D eigenvalue weighted by atomic mass is 32.1. The first-order chi connectivity index (χ1) is 14.4. The molecule has 1 N–H and O–H groups in total. The van der Waals surface area contributed by atoms with Crippen LogP contribution in [0.4, 0.5) is 4.79 Å². The standard InChI is InChI=1S/C23H31N3O3S/c1-16(2)24-23(28)26(17(3)4)14-22(27)25-12-10-21-19(11-13-30-21)20(25)15-29-18-8-6-5-7-9-18/h5-9,11,13,16-17,20H,10,12,14-15H2,1-4H3,(H,24,28). The molecule has 3 amide bonds. The monoisotopic (exact) mass is 429 g/mol. The van der Waals surface area contributed by atoms with Gasteiger partial charge in [-0.25, -0.2) is 4.79 Å². The zero-order chi connectivity index (χ0) is 21.7. The number of nitrogens with zero attached hydrogens (tertiary/aromatic N) is 2. The van der Waals surface area contributed by atoms with Crippen molar-refractivity contribution in [2.24, 2.45) is 0 Å². The van der Waals surface area contributed by atoms with Crippen molar-refractivity contribution in [2.45, 2.75) is 52.2 Å². The van der Waals surface area contributed by atoms with Crippen LogP contribution in [0, 0.1) is 0 Å². The molecule has 0 fully saturated rings. The van der Waals surface area contributed by atoms with Gasteiger partial charge in [-0.1, -0.05) is 18.2 Å². The number of hydrogen-bond acceptors (Lipinski definition) is 4. The van der Waals surface area contributed by atoms with E-state index < -0.39 is 0 Å². The minimum Gasteiger partial charge on any atom is -0.491 e. The van der Waals surface area contributed by atoms with Crippen molar-refractivity contribution >= 4 is 23.3 Å². The fraction of sp³-hybridized carbons (Fsp3) is 0.478. The summed E-state index contributed by atoms with van der Waals surface area (Å²) in [6.45, 7) is 8.76. The normalized spacial score (nSPS) is 15.8. The van der Waals surface area contributed by atoms with Crippen LogP contribution in [0.5, 0.6) is 5.75 Å². The predicted molar refractivity (Wildman–Crippen MR) is 120 cm³/mol. The van der Waals surface area contributed by atoms with Gasteiger partial charge in [0.25, 0.3) is 0 Å². The molecule has 3 rings (SSSR count). The second-order valence-electron chi connectivity index (χ2n) is 8.10. The molecule has 30 heavy (non-hydrogen) atoms. The van der Waals surface area contributed by atoms with Crippen LogP contribution in [0.3, 0.4) is 0 Å². The summed E-state index contributed by atoms with van der Waals surface area (Å²) in [4.78, 5) is 30.7. The fourth-order valence-corrected chi connectivity index (χ4v) is 4.55. The molecule has 1 atom stereocenters. The van der Waals surface area contributed by atoms with E-state index in [0.29, 0.717) is 13.2 Å². The lowest BCUT2D eigenvalue weighted by molar-refractivity contribution is -0.135. The van der Waals surface area contributed by atoms with Gasteiger partial charge in [0, 0.05) is 23.5 Å². The zero-order valence-electron chi connectivity index (χ0n) is 18.1. The SMILES string of the molecule is CC(C)NC(=O)N(CC(=O)N1CCc2sccc2C1COc1ccccc1)C(C)C. The number of ether oxygens (including phenoxy) is 1. The molecule has 0 saturated heterocycles. The van der Waals surface area contributed by atoms with Crippen molar-refractivity contribution < 1.29 is 14.3 Å². The van der Waals surface area contributed by atoms with Gasteiger partial charge in [0.2, 0.25) is 5.91 Å². The number of para-hydroxylation sites is 1. The third-order valence-electron chi connectivity index (χ3n) is 5.17. The lowest BCUT2D eigenvalue weighted by atomic mass is 10.0. The summed E-state index contributed by atoms with van der Waals surface area (Å²) in [6, 6.07) is 11.3. The zero-order valence-corrected chi connectivity index (χ0v) is 18.9. The number of rotatable bonds is 7. The molecule has 2 heterocycles. The quantitative estimate of drug-likeness (QED) is 0.721. The summed E-state index contributed by atoms with van der Waals surface area (Å²) < 4.78 is 6.02. The van der Waals surface area contributed by atoms with Crippen molar-refractivity contribution in [1.29, 1.82) is 0 Å². The molecule has 1 aromatic carbocycles. The summed E-state index contributed by atoms with van der Waals surface area (Å²) in [7, 11) is 0. The molecule has 2 aromatic rings. The van der Waals surface area contributed by atoms with Crippen LogP contribution in [0.25, 0.3) is 0 Å². The smallest absolute Gasteiger partial charge is 0.318 e. The first-order valence-corrected chi connectivity index (χ1v) is 11.4. The Hall–Kier alpha value is -2.54. The van der Waals surface area contributed by atoms with Gasteiger partial charge in [-0.15, -0.1) is 11.3 Å². The Morgan fingerprint density at radius 3 is 2.60 bits per heavy atom. The number of hydrogen-bond donors (Lipinski definition) is 1. The van der Waals surface area contributed by atoms with Crippen LogP contribution < -0.4 is 10.1 Å². The Labute approximate surface area is 182 Å². The van der Waals surface area contributed by atoms with E-state index in [1.165, 1.54) is 4.88 Å². The highest BCUT2D eigenvalue weighted by Gasteiger charge is 2.34. The number of amides is 3. The van der Waals surface area contributed by atoms with Gasteiger partial charge < -0.3 is 19.9 Å². The van der Waals surface area contributed by atoms with E-state index in [9.17, 15) is 9.59 Å². The Morgan fingerprint density at radius 1 is 1.20 bits per heavy atom. The molecule has 6 nitrogen and oxygen atoms in total. The minimum absolute atomic E-state index is 0.0178. The molecule has 1 aliphatic heterocycles. The van der Waals surface area contributed by atoms with Crippen molar-refractivity contribution in [1.82, 2.24) is 15.1 Å². The lowest BCUT2D eigenvalue weighted by Crippen LogP contribution is -2.52. The Bertz CT molecular complexity index is 850. The molecular weight excluding hydrogens is 398 g/mol. The van der Waals surface area contributed by atoms with Gasteiger partial charge in [-0.3, -0.25) is 4.79 Å². The molecule has 0 saturated carbocycles. The summed E-state index contributed by atoms with van der Waals surface area (Å²) in [6.07, 6.45) is 0.834. The molecule has 0 spiro atoms. The maximum atomic E-state index is 13.3. The van der Waals surface area contributed by atoms with E-state index in [0.717, 1.165) is 17.7 Å². The van der Waals surface area contributed by atoms with Crippen LogP contribution in [0.2, 0.25) is 0 Å². The second kappa shape index (κ2) is 9.98. The molecule has 7 heteroatoms. The van der Waals surface area contributed by atoms with Crippen LogP contribution in [0.1, 0.15) is 44.2 Å². The number of urea groups is 1. The number of thiophene rings is 1. The van der Waals surface area contributed by atoms with Gasteiger partial charge in [0.15, 0.2) is 0 Å². The van der Waals surface area contributed by atoms with E-state index >= 15 is 0 Å². The van der Waals surface area contributed by atoms with Crippen LogP contribution in [0.15, 0.2) is 41.8 Å². The molecular formula is C23H31N3O3S. The Morgan fingerprint density at radius 2 is 1.93 bits per heavy atom. The van der Waals surface area contributed by atoms with E-state index in [4.69, 9.17) is 4.74 Å². The van der Waals surface area contributed by atoms with E-state index in [1.54, 1.807) is 16.2 Å². The van der Waals surface area contributed by atoms with Gasteiger partial charge in [0.1, 0.15) is 18.9 Å². The fourth-order valence-electron chi connectivity index (χ4n) is 3.62. The minimum atomic E-state index is -0.210. The maximum absolute atomic E-state index is 13.3. The van der Waals surface area contributed by atoms with Gasteiger partial charge in [-0.05, 0) is 63.3 Å². The van der Waals surface area contributed by atoms with Crippen molar-refractivity contribution in [3.8, 4) is 5.75 Å². The first-order valence-electron chi connectivity index (χ1n) is 10.5. The summed E-state index contributed by atoms with van der Waals surface area (Å²) in [5.74, 6) is 0.730. The number of nitrogens with one attached hydrogen (secondary N) is 1. The largest absolute Gasteiger partial charge is 0.491 e. The van der Waals surface area contributed by atoms with Crippen LogP contribution >= 0.6 is 11.3 Å². The number of benzene rings is 1. The van der Waals surface area contributed by atoms with E-state index in [1.807, 2.05) is 62.9 Å². The molecule has 0 aliphatic carbocycles. The van der Waals surface area contributed by atoms with Gasteiger partial charge >= 0.3 is 6.03 Å². The van der Waals surface area contributed by atoms with Crippen LogP contribution in [-0.4, -0.2) is 53.5 Å². The molecule has 0 bridgehead atoms. The lowest BCUT2D eigenvalue weighted by Gasteiger charge is -2.37. The summed E-state index contributed by atoms with van der Waals surface area (Å²) >= 11 is 1.73. The third-order valence-corrected chi connectivity index (χ3v) is 6.16. The van der Waals surface area contributed by atoms with E-state index in [-0.39, 0.29) is 36.6 Å². The molecule has 0 radical (unpaired) electrons. The second-order valence-corrected chi connectivity index (χ2v) is 9.10. The average Bonchev–Trinajstić information content (AvgIpc) is 3.19. The predicted octanol–water partition coefficient (Wildman–Crippen LogP) is 4.08. The first kappa shape index (κ1) is 22.2. The van der Waals surface area contributed by atoms with E-state index in [2.05, 4.69) is 16.8 Å². The van der Waals surface area contributed by atoms with Crippen molar-refractivity contribution in [3.05, 3.63) is 52.2 Å². The van der Waals surface area contributed by atoms with Crippen molar-refractivity contribution in [2.75, 3.05) is 19.7 Å². The topological polar surface area (TPSA) is 61.9 Å². The number of fused-ring (bicyclic) bond motifs is 1. The number of carbonyl (C=O) groups excluding carboxylic acids is 2. The summed E-state index contributed by atoms with van der Waals surface area (Å²) in [5.41, 5.74) is 1.15. The number of carbonyl (C=O) groups is 2. The van der Waals surface area contributed by atoms with Crippen molar-refractivity contribution in [3.63, 3.8) is 0 Å². The van der Waals surface area contributed by atoms with Crippen LogP contribution in [-0.2, 0) is 11.2 Å². The average molecular weight is 430 g/mol. The molecule has 162 valence electrons. The molecule has 1 aliphatic rings. The van der Waals surface area contributed by atoms with Gasteiger partial charge in [-0.2, -0.15) is 0 Å².